The summed E-state index contributed by atoms with van der Waals surface area (Å²) in [7, 11) is 0. The van der Waals surface area contributed by atoms with Crippen LogP contribution in [0.1, 0.15) is 67.3 Å². The zero-order chi connectivity index (χ0) is 16.6. The van der Waals surface area contributed by atoms with E-state index < -0.39 is 0 Å². The SMILES string of the molecule is CCN1C(=O)CCC12CCC(NC(=O)c1c(C)noc1C)CC2. The van der Waals surface area contributed by atoms with E-state index in [-0.39, 0.29) is 23.4 Å². The summed E-state index contributed by atoms with van der Waals surface area (Å²) in [4.78, 5) is 26.5. The Morgan fingerprint density at radius 2 is 2.04 bits per heavy atom. The van der Waals surface area contributed by atoms with Gasteiger partial charge in [-0.25, -0.2) is 0 Å². The van der Waals surface area contributed by atoms with Gasteiger partial charge in [0.25, 0.3) is 5.91 Å². The van der Waals surface area contributed by atoms with Crippen LogP contribution < -0.4 is 5.32 Å². The molecule has 3 rings (SSSR count). The lowest BCUT2D eigenvalue weighted by Crippen LogP contribution is -2.51. The molecule has 0 radical (unpaired) electrons. The fourth-order valence-corrected chi connectivity index (χ4v) is 4.27. The summed E-state index contributed by atoms with van der Waals surface area (Å²) in [6.07, 6.45) is 5.41. The molecule has 0 unspecified atom stereocenters. The van der Waals surface area contributed by atoms with E-state index in [9.17, 15) is 9.59 Å². The van der Waals surface area contributed by atoms with Gasteiger partial charge in [0.2, 0.25) is 5.91 Å². The van der Waals surface area contributed by atoms with Crippen LogP contribution in [-0.2, 0) is 4.79 Å². The largest absolute Gasteiger partial charge is 0.361 e. The van der Waals surface area contributed by atoms with Crippen LogP contribution in [0.2, 0.25) is 0 Å². The monoisotopic (exact) mass is 319 g/mol. The molecule has 1 aromatic rings. The lowest BCUT2D eigenvalue weighted by atomic mass is 9.77. The minimum absolute atomic E-state index is 0.0378. The highest BCUT2D eigenvalue weighted by Gasteiger charge is 2.46. The summed E-state index contributed by atoms with van der Waals surface area (Å²) in [5.74, 6) is 0.744. The third kappa shape index (κ3) is 2.75. The molecular formula is C17H25N3O3. The maximum atomic E-state index is 12.4. The second-order valence-electron chi connectivity index (χ2n) is 6.81. The molecule has 1 aliphatic heterocycles. The zero-order valence-corrected chi connectivity index (χ0v) is 14.1. The average molecular weight is 319 g/mol. The van der Waals surface area contributed by atoms with E-state index in [1.54, 1.807) is 13.8 Å². The number of rotatable bonds is 3. The maximum Gasteiger partial charge on any atom is 0.257 e. The van der Waals surface area contributed by atoms with Crippen LogP contribution in [0, 0.1) is 13.8 Å². The Labute approximate surface area is 136 Å². The summed E-state index contributed by atoms with van der Waals surface area (Å²) in [6.45, 7) is 6.38. The predicted molar refractivity (Wildman–Crippen MR) is 85.1 cm³/mol. The van der Waals surface area contributed by atoms with Gasteiger partial charge in [0.1, 0.15) is 11.3 Å². The van der Waals surface area contributed by atoms with Crippen molar-refractivity contribution in [3.05, 3.63) is 17.0 Å². The quantitative estimate of drug-likeness (QED) is 0.928. The first-order chi connectivity index (χ1) is 11.0. The molecule has 0 atom stereocenters. The van der Waals surface area contributed by atoms with Crippen molar-refractivity contribution in [2.45, 2.75) is 70.9 Å². The second-order valence-corrected chi connectivity index (χ2v) is 6.81. The second kappa shape index (κ2) is 5.98. The Hall–Kier alpha value is -1.85. The summed E-state index contributed by atoms with van der Waals surface area (Å²) < 4.78 is 5.07. The number of aromatic nitrogens is 1. The number of aryl methyl sites for hydroxylation is 2. The molecule has 2 heterocycles. The van der Waals surface area contributed by atoms with Crippen molar-refractivity contribution < 1.29 is 14.1 Å². The van der Waals surface area contributed by atoms with Crippen LogP contribution >= 0.6 is 0 Å². The number of hydrogen-bond acceptors (Lipinski definition) is 4. The first kappa shape index (κ1) is 16.0. The highest BCUT2D eigenvalue weighted by Crippen LogP contribution is 2.42. The van der Waals surface area contributed by atoms with Gasteiger partial charge in [-0.3, -0.25) is 9.59 Å². The van der Waals surface area contributed by atoms with Gasteiger partial charge in [-0.15, -0.1) is 0 Å². The van der Waals surface area contributed by atoms with Gasteiger partial charge in [-0.1, -0.05) is 5.16 Å². The van der Waals surface area contributed by atoms with Crippen molar-refractivity contribution in [1.29, 1.82) is 0 Å². The van der Waals surface area contributed by atoms with Crippen molar-refractivity contribution >= 4 is 11.8 Å². The number of carbonyl (C=O) groups excluding carboxylic acids is 2. The molecule has 6 nitrogen and oxygen atoms in total. The lowest BCUT2D eigenvalue weighted by molar-refractivity contribution is -0.131. The molecule has 126 valence electrons. The van der Waals surface area contributed by atoms with Crippen molar-refractivity contribution in [3.8, 4) is 0 Å². The zero-order valence-electron chi connectivity index (χ0n) is 14.1. The van der Waals surface area contributed by atoms with Crippen LogP contribution in [0.25, 0.3) is 0 Å². The molecule has 1 aromatic heterocycles. The van der Waals surface area contributed by atoms with E-state index in [0.29, 0.717) is 23.4 Å². The molecular weight excluding hydrogens is 294 g/mol. The molecule has 2 fully saturated rings. The van der Waals surface area contributed by atoms with E-state index in [2.05, 4.69) is 22.3 Å². The van der Waals surface area contributed by atoms with Crippen molar-refractivity contribution in [3.63, 3.8) is 0 Å². The first-order valence-electron chi connectivity index (χ1n) is 8.51. The number of amides is 2. The van der Waals surface area contributed by atoms with Crippen molar-refractivity contribution in [2.75, 3.05) is 6.54 Å². The van der Waals surface area contributed by atoms with Gasteiger partial charge < -0.3 is 14.7 Å². The van der Waals surface area contributed by atoms with Gasteiger partial charge in [0.05, 0.1) is 5.69 Å². The van der Waals surface area contributed by atoms with Gasteiger partial charge in [-0.2, -0.15) is 0 Å². The maximum absolute atomic E-state index is 12.4. The smallest absolute Gasteiger partial charge is 0.257 e. The van der Waals surface area contributed by atoms with E-state index in [1.165, 1.54) is 0 Å². The van der Waals surface area contributed by atoms with Gasteiger partial charge >= 0.3 is 0 Å². The molecule has 0 aromatic carbocycles. The van der Waals surface area contributed by atoms with Crippen LogP contribution in [0.3, 0.4) is 0 Å². The summed E-state index contributed by atoms with van der Waals surface area (Å²) in [5.41, 5.74) is 1.22. The third-order valence-corrected chi connectivity index (χ3v) is 5.51. The Morgan fingerprint density at radius 1 is 1.35 bits per heavy atom. The minimum Gasteiger partial charge on any atom is -0.361 e. The minimum atomic E-state index is -0.1000. The Kier molecular flexibility index (Phi) is 4.17. The lowest BCUT2D eigenvalue weighted by Gasteiger charge is -2.43. The van der Waals surface area contributed by atoms with Crippen LogP contribution in [0.15, 0.2) is 4.52 Å². The Bertz CT molecular complexity index is 595. The fourth-order valence-electron chi connectivity index (χ4n) is 4.27. The summed E-state index contributed by atoms with van der Waals surface area (Å²) >= 11 is 0. The standard InChI is InChI=1S/C17H25N3O3/c1-4-20-14(21)7-10-17(20)8-5-13(6-9-17)18-16(22)15-11(2)19-23-12(15)3/h13H,4-10H2,1-3H3,(H,18,22). The number of carbonyl (C=O) groups is 2. The molecule has 2 amide bonds. The summed E-state index contributed by atoms with van der Waals surface area (Å²) in [6, 6.07) is 0.163. The normalized spacial score (nSPS) is 27.7. The number of nitrogens with one attached hydrogen (secondary N) is 1. The molecule has 1 aliphatic carbocycles. The predicted octanol–water partition coefficient (Wildman–Crippen LogP) is 2.34. The highest BCUT2D eigenvalue weighted by molar-refractivity contribution is 5.96. The Balaban J connectivity index is 1.62. The van der Waals surface area contributed by atoms with Crippen molar-refractivity contribution in [1.82, 2.24) is 15.4 Å². The van der Waals surface area contributed by atoms with Crippen molar-refractivity contribution in [2.24, 2.45) is 0 Å². The van der Waals surface area contributed by atoms with Gasteiger partial charge in [0.15, 0.2) is 0 Å². The van der Waals surface area contributed by atoms with Crippen LogP contribution in [0.4, 0.5) is 0 Å². The van der Waals surface area contributed by atoms with E-state index in [1.807, 2.05) is 0 Å². The molecule has 23 heavy (non-hydrogen) atoms. The van der Waals surface area contributed by atoms with E-state index >= 15 is 0 Å². The number of nitrogens with zero attached hydrogens (tertiary/aromatic N) is 2. The molecule has 2 aliphatic rings. The van der Waals surface area contributed by atoms with Crippen LogP contribution in [0.5, 0.6) is 0 Å². The Morgan fingerprint density at radius 3 is 2.61 bits per heavy atom. The van der Waals surface area contributed by atoms with E-state index in [0.717, 1.165) is 38.6 Å². The molecule has 0 bridgehead atoms. The topological polar surface area (TPSA) is 75.4 Å². The average Bonchev–Trinajstić information content (AvgIpc) is 3.02. The third-order valence-electron chi connectivity index (χ3n) is 5.51. The summed E-state index contributed by atoms with van der Waals surface area (Å²) in [5, 5.41) is 6.95. The molecule has 1 N–H and O–H groups in total. The van der Waals surface area contributed by atoms with Gasteiger partial charge in [-0.05, 0) is 52.9 Å². The fraction of sp³-hybridized carbons (Fsp3) is 0.706. The highest BCUT2D eigenvalue weighted by atomic mass is 16.5. The number of hydrogen-bond donors (Lipinski definition) is 1. The molecule has 1 spiro atoms. The first-order valence-corrected chi connectivity index (χ1v) is 8.51. The van der Waals surface area contributed by atoms with Crippen LogP contribution in [-0.4, -0.2) is 40.0 Å². The molecule has 1 saturated heterocycles. The van der Waals surface area contributed by atoms with E-state index in [4.69, 9.17) is 4.52 Å². The molecule has 6 heteroatoms. The molecule has 1 saturated carbocycles. The number of likely N-dealkylation sites (tertiary alicyclic amines) is 1. The van der Waals surface area contributed by atoms with Gasteiger partial charge in [0, 0.05) is 24.5 Å².